The molecule has 0 radical (unpaired) electrons. The van der Waals surface area contributed by atoms with Gasteiger partial charge in [-0.05, 0) is 50.4 Å². The summed E-state index contributed by atoms with van der Waals surface area (Å²) in [6.07, 6.45) is 3.70. The van der Waals surface area contributed by atoms with Gasteiger partial charge >= 0.3 is 0 Å². The SMILES string of the molecule is CCCn1ncc(Cl)c1C(Cc1ccc(C)c(C)c1)NC. The first-order valence-corrected chi connectivity index (χ1v) is 7.89. The monoisotopic (exact) mass is 305 g/mol. The Bertz CT molecular complexity index is 604. The van der Waals surface area contributed by atoms with Crippen LogP contribution in [0.2, 0.25) is 5.02 Å². The van der Waals surface area contributed by atoms with E-state index in [4.69, 9.17) is 11.6 Å². The summed E-state index contributed by atoms with van der Waals surface area (Å²) in [5.41, 5.74) is 5.06. The van der Waals surface area contributed by atoms with Crippen LogP contribution >= 0.6 is 11.6 Å². The molecule has 0 fully saturated rings. The minimum atomic E-state index is 0.175. The third-order valence-electron chi connectivity index (χ3n) is 3.96. The van der Waals surface area contributed by atoms with Crippen molar-refractivity contribution in [1.82, 2.24) is 15.1 Å². The molecule has 21 heavy (non-hydrogen) atoms. The number of nitrogens with zero attached hydrogens (tertiary/aromatic N) is 2. The predicted octanol–water partition coefficient (Wildman–Crippen LogP) is 4.07. The maximum atomic E-state index is 6.35. The molecule has 1 aromatic heterocycles. The van der Waals surface area contributed by atoms with Gasteiger partial charge in [0.05, 0.1) is 23.0 Å². The fourth-order valence-corrected chi connectivity index (χ4v) is 2.88. The Labute approximate surface area is 132 Å². The summed E-state index contributed by atoms with van der Waals surface area (Å²) in [7, 11) is 1.98. The largest absolute Gasteiger partial charge is 0.311 e. The number of hydrogen-bond donors (Lipinski definition) is 1. The van der Waals surface area contributed by atoms with Gasteiger partial charge in [-0.3, -0.25) is 4.68 Å². The number of halogens is 1. The summed E-state index contributed by atoms with van der Waals surface area (Å²) in [4.78, 5) is 0. The molecule has 0 amide bonds. The van der Waals surface area contributed by atoms with Crippen molar-refractivity contribution in [3.63, 3.8) is 0 Å². The molecule has 1 unspecified atom stereocenters. The van der Waals surface area contributed by atoms with E-state index in [0.29, 0.717) is 0 Å². The van der Waals surface area contributed by atoms with Crippen molar-refractivity contribution in [2.75, 3.05) is 7.05 Å². The van der Waals surface area contributed by atoms with E-state index in [9.17, 15) is 0 Å². The first kappa shape index (κ1) is 16.1. The van der Waals surface area contributed by atoms with Crippen molar-refractivity contribution < 1.29 is 0 Å². The summed E-state index contributed by atoms with van der Waals surface area (Å²) in [5, 5.41) is 8.52. The zero-order valence-electron chi connectivity index (χ0n) is 13.3. The van der Waals surface area contributed by atoms with Gasteiger partial charge in [0.15, 0.2) is 0 Å². The van der Waals surface area contributed by atoms with E-state index in [0.717, 1.165) is 30.1 Å². The van der Waals surface area contributed by atoms with Gasteiger partial charge < -0.3 is 5.32 Å². The summed E-state index contributed by atoms with van der Waals surface area (Å²) in [6, 6.07) is 6.81. The lowest BCUT2D eigenvalue weighted by Gasteiger charge is -2.19. The van der Waals surface area contributed by atoms with Crippen molar-refractivity contribution in [1.29, 1.82) is 0 Å². The van der Waals surface area contributed by atoms with Crippen LogP contribution in [-0.4, -0.2) is 16.8 Å². The molecule has 4 heteroatoms. The number of likely N-dealkylation sites (N-methyl/N-ethyl adjacent to an activating group) is 1. The predicted molar refractivity (Wildman–Crippen MR) is 88.9 cm³/mol. The van der Waals surface area contributed by atoms with Crippen LogP contribution in [0.15, 0.2) is 24.4 Å². The van der Waals surface area contributed by atoms with E-state index in [2.05, 4.69) is 49.4 Å². The lowest BCUT2D eigenvalue weighted by molar-refractivity contribution is 0.497. The molecule has 2 rings (SSSR count). The number of aryl methyl sites for hydroxylation is 3. The maximum Gasteiger partial charge on any atom is 0.0834 e. The number of hydrogen-bond acceptors (Lipinski definition) is 2. The summed E-state index contributed by atoms with van der Waals surface area (Å²) < 4.78 is 2.02. The quantitative estimate of drug-likeness (QED) is 0.872. The third-order valence-corrected chi connectivity index (χ3v) is 4.25. The standard InChI is InChI=1S/C17H24ClN3/c1-5-8-21-17(15(18)11-20-21)16(19-4)10-14-7-6-12(2)13(3)9-14/h6-7,9,11,16,19H,5,8,10H2,1-4H3. The minimum absolute atomic E-state index is 0.175. The van der Waals surface area contributed by atoms with Crippen LogP contribution in [0.5, 0.6) is 0 Å². The number of benzene rings is 1. The van der Waals surface area contributed by atoms with Crippen molar-refractivity contribution in [2.45, 2.75) is 46.2 Å². The highest BCUT2D eigenvalue weighted by Crippen LogP contribution is 2.26. The molecule has 3 nitrogen and oxygen atoms in total. The van der Waals surface area contributed by atoms with Gasteiger partial charge in [-0.1, -0.05) is 36.7 Å². The zero-order chi connectivity index (χ0) is 15.4. The first-order chi connectivity index (χ1) is 10.1. The molecular formula is C17H24ClN3. The van der Waals surface area contributed by atoms with E-state index in [1.54, 1.807) is 6.20 Å². The molecule has 0 saturated carbocycles. The number of rotatable bonds is 6. The molecule has 0 bridgehead atoms. The maximum absolute atomic E-state index is 6.35. The fraction of sp³-hybridized carbons (Fsp3) is 0.471. The Balaban J connectivity index is 2.27. The molecule has 0 saturated heterocycles. The summed E-state index contributed by atoms with van der Waals surface area (Å²) in [6.45, 7) is 7.34. The van der Waals surface area contributed by atoms with E-state index in [1.807, 2.05) is 11.7 Å². The summed E-state index contributed by atoms with van der Waals surface area (Å²) in [5.74, 6) is 0. The van der Waals surface area contributed by atoms with Gasteiger partial charge in [0, 0.05) is 6.54 Å². The Hall–Kier alpha value is -1.32. The molecule has 0 aliphatic rings. The van der Waals surface area contributed by atoms with Gasteiger partial charge in [0.2, 0.25) is 0 Å². The van der Waals surface area contributed by atoms with Gasteiger partial charge in [0.1, 0.15) is 0 Å². The lowest BCUT2D eigenvalue weighted by atomic mass is 9.99. The van der Waals surface area contributed by atoms with E-state index in [1.165, 1.54) is 16.7 Å². The third kappa shape index (κ3) is 3.66. The van der Waals surface area contributed by atoms with Crippen LogP contribution in [0.1, 0.15) is 41.8 Å². The topological polar surface area (TPSA) is 29.9 Å². The van der Waals surface area contributed by atoms with E-state index in [-0.39, 0.29) is 6.04 Å². The average Bonchev–Trinajstić information content (AvgIpc) is 2.82. The van der Waals surface area contributed by atoms with E-state index >= 15 is 0 Å². The van der Waals surface area contributed by atoms with Crippen molar-refractivity contribution in [2.24, 2.45) is 0 Å². The number of aromatic nitrogens is 2. The van der Waals surface area contributed by atoms with Crippen LogP contribution < -0.4 is 5.32 Å². The zero-order valence-corrected chi connectivity index (χ0v) is 14.0. The van der Waals surface area contributed by atoms with Gasteiger partial charge in [0.25, 0.3) is 0 Å². The Morgan fingerprint density at radius 3 is 2.67 bits per heavy atom. The van der Waals surface area contributed by atoms with Gasteiger partial charge in [-0.2, -0.15) is 5.10 Å². The van der Waals surface area contributed by atoms with Crippen LogP contribution in [0.4, 0.5) is 0 Å². The Morgan fingerprint density at radius 1 is 1.29 bits per heavy atom. The molecule has 1 N–H and O–H groups in total. The molecule has 114 valence electrons. The van der Waals surface area contributed by atoms with Crippen LogP contribution in [-0.2, 0) is 13.0 Å². The molecular weight excluding hydrogens is 282 g/mol. The van der Waals surface area contributed by atoms with Crippen molar-refractivity contribution in [3.05, 3.63) is 51.8 Å². The van der Waals surface area contributed by atoms with Crippen LogP contribution in [0, 0.1) is 13.8 Å². The molecule has 0 aliphatic carbocycles. The Kier molecular flexibility index (Phi) is 5.43. The molecule has 0 spiro atoms. The second-order valence-corrected chi connectivity index (χ2v) is 5.97. The average molecular weight is 306 g/mol. The second kappa shape index (κ2) is 7.10. The lowest BCUT2D eigenvalue weighted by Crippen LogP contribution is -2.23. The van der Waals surface area contributed by atoms with Crippen molar-refractivity contribution >= 4 is 11.6 Å². The highest BCUT2D eigenvalue weighted by Gasteiger charge is 2.19. The molecule has 0 aliphatic heterocycles. The van der Waals surface area contributed by atoms with E-state index < -0.39 is 0 Å². The highest BCUT2D eigenvalue weighted by atomic mass is 35.5. The van der Waals surface area contributed by atoms with Gasteiger partial charge in [-0.15, -0.1) is 0 Å². The van der Waals surface area contributed by atoms with Crippen LogP contribution in [0.3, 0.4) is 0 Å². The highest BCUT2D eigenvalue weighted by molar-refractivity contribution is 6.31. The Morgan fingerprint density at radius 2 is 2.05 bits per heavy atom. The molecule has 1 aromatic carbocycles. The fourth-order valence-electron chi connectivity index (χ4n) is 2.61. The summed E-state index contributed by atoms with van der Waals surface area (Å²) >= 11 is 6.35. The van der Waals surface area contributed by atoms with Crippen molar-refractivity contribution in [3.8, 4) is 0 Å². The first-order valence-electron chi connectivity index (χ1n) is 7.51. The second-order valence-electron chi connectivity index (χ2n) is 5.56. The molecule has 1 heterocycles. The number of nitrogens with one attached hydrogen (secondary N) is 1. The van der Waals surface area contributed by atoms with Gasteiger partial charge in [-0.25, -0.2) is 0 Å². The molecule has 2 aromatic rings. The molecule has 1 atom stereocenters. The minimum Gasteiger partial charge on any atom is -0.311 e. The van der Waals surface area contributed by atoms with Crippen LogP contribution in [0.25, 0.3) is 0 Å². The normalized spacial score (nSPS) is 12.6. The smallest absolute Gasteiger partial charge is 0.0834 e.